The molecule has 2 aromatic rings. The molecule has 0 aliphatic heterocycles. The fraction of sp³-hybridized carbons (Fsp3) is 0.357. The van der Waals surface area contributed by atoms with Crippen LogP contribution >= 0.6 is 11.8 Å². The van der Waals surface area contributed by atoms with E-state index in [4.69, 9.17) is 0 Å². The monoisotopic (exact) mass is 291 g/mol. The molecule has 5 nitrogen and oxygen atoms in total. The number of nitrogens with zero attached hydrogens (tertiary/aromatic N) is 3. The Labute approximate surface area is 122 Å². The highest BCUT2D eigenvalue weighted by Gasteiger charge is 2.11. The van der Waals surface area contributed by atoms with E-state index in [-0.39, 0.29) is 5.56 Å². The number of aryl methyl sites for hydroxylation is 3. The van der Waals surface area contributed by atoms with E-state index in [1.165, 1.54) is 11.8 Å². The van der Waals surface area contributed by atoms with Crippen molar-refractivity contribution >= 4 is 17.7 Å². The molecule has 20 heavy (non-hydrogen) atoms. The molecule has 106 valence electrons. The van der Waals surface area contributed by atoms with E-state index in [2.05, 4.69) is 10.1 Å². The molecule has 0 radical (unpaired) electrons. The lowest BCUT2D eigenvalue weighted by Crippen LogP contribution is -2.01. The Morgan fingerprint density at radius 2 is 2.15 bits per heavy atom. The molecule has 0 unspecified atom stereocenters. The fourth-order valence-corrected chi connectivity index (χ4v) is 2.88. The van der Waals surface area contributed by atoms with E-state index >= 15 is 0 Å². The second-order valence-corrected chi connectivity index (χ2v) is 5.63. The van der Waals surface area contributed by atoms with Crippen molar-refractivity contribution in [1.82, 2.24) is 14.8 Å². The van der Waals surface area contributed by atoms with Crippen LogP contribution in [-0.4, -0.2) is 25.8 Å². The second-order valence-electron chi connectivity index (χ2n) is 4.59. The number of rotatable bonds is 5. The van der Waals surface area contributed by atoms with Crippen LogP contribution in [0, 0.1) is 6.92 Å². The third kappa shape index (κ3) is 3.39. The summed E-state index contributed by atoms with van der Waals surface area (Å²) in [5.74, 6) is -0.923. The molecule has 0 saturated carbocycles. The van der Waals surface area contributed by atoms with Crippen LogP contribution in [0.2, 0.25) is 0 Å². The number of hydrogen-bond acceptors (Lipinski definition) is 4. The maximum absolute atomic E-state index is 11.2. The van der Waals surface area contributed by atoms with Crippen LogP contribution in [0.1, 0.15) is 35.1 Å². The van der Waals surface area contributed by atoms with Gasteiger partial charge in [-0.3, -0.25) is 4.68 Å². The van der Waals surface area contributed by atoms with Gasteiger partial charge < -0.3 is 5.11 Å². The Morgan fingerprint density at radius 1 is 1.40 bits per heavy atom. The van der Waals surface area contributed by atoms with Gasteiger partial charge in [-0.25, -0.2) is 9.78 Å². The van der Waals surface area contributed by atoms with E-state index in [0.717, 1.165) is 29.3 Å². The maximum Gasteiger partial charge on any atom is 0.335 e. The average molecular weight is 291 g/mol. The van der Waals surface area contributed by atoms with Crippen LogP contribution in [0.15, 0.2) is 28.3 Å². The summed E-state index contributed by atoms with van der Waals surface area (Å²) >= 11 is 1.43. The van der Waals surface area contributed by atoms with E-state index in [1.807, 2.05) is 27.0 Å². The first-order valence-corrected chi connectivity index (χ1v) is 7.24. The number of carboxylic acids is 1. The molecule has 0 amide bonds. The molecule has 2 aromatic heterocycles. The lowest BCUT2D eigenvalue weighted by molar-refractivity contribution is 0.0696. The van der Waals surface area contributed by atoms with Crippen molar-refractivity contribution in [2.75, 3.05) is 0 Å². The normalized spacial score (nSPS) is 10.8. The van der Waals surface area contributed by atoms with Gasteiger partial charge in [0.2, 0.25) is 0 Å². The zero-order valence-electron chi connectivity index (χ0n) is 11.8. The van der Waals surface area contributed by atoms with Crippen LogP contribution in [0.4, 0.5) is 0 Å². The van der Waals surface area contributed by atoms with Gasteiger partial charge in [0.1, 0.15) is 10.1 Å². The average Bonchev–Trinajstić information content (AvgIpc) is 2.68. The number of carboxylic acid groups (broad SMARTS) is 1. The highest BCUT2D eigenvalue weighted by atomic mass is 32.2. The Morgan fingerprint density at radius 3 is 2.70 bits per heavy atom. The third-order valence-corrected chi connectivity index (χ3v) is 3.79. The third-order valence-electron chi connectivity index (χ3n) is 2.78. The zero-order valence-corrected chi connectivity index (χ0v) is 12.6. The molecule has 0 spiro atoms. The van der Waals surface area contributed by atoms with Crippen LogP contribution < -0.4 is 0 Å². The summed E-state index contributed by atoms with van der Waals surface area (Å²) in [6.07, 6.45) is 1.71. The van der Waals surface area contributed by atoms with Crippen LogP contribution in [0.5, 0.6) is 0 Å². The van der Waals surface area contributed by atoms with Crippen molar-refractivity contribution in [3.05, 3.63) is 35.2 Å². The Balaban J connectivity index is 2.35. The molecule has 0 aliphatic carbocycles. The quantitative estimate of drug-likeness (QED) is 0.917. The van der Waals surface area contributed by atoms with Crippen molar-refractivity contribution in [1.29, 1.82) is 0 Å². The van der Waals surface area contributed by atoms with Gasteiger partial charge in [0, 0.05) is 12.7 Å². The van der Waals surface area contributed by atoms with Gasteiger partial charge in [-0.1, -0.05) is 25.1 Å². The summed E-state index contributed by atoms with van der Waals surface area (Å²) in [6.45, 7) is 3.97. The van der Waals surface area contributed by atoms with E-state index in [1.54, 1.807) is 16.8 Å². The minimum Gasteiger partial charge on any atom is -0.478 e. The maximum atomic E-state index is 11.2. The van der Waals surface area contributed by atoms with E-state index < -0.39 is 5.97 Å². The summed E-state index contributed by atoms with van der Waals surface area (Å²) in [4.78, 5) is 15.7. The predicted molar refractivity (Wildman–Crippen MR) is 77.3 cm³/mol. The fourth-order valence-electron chi connectivity index (χ4n) is 1.91. The molecule has 0 aromatic carbocycles. The summed E-state index contributed by atoms with van der Waals surface area (Å²) < 4.78 is 1.77. The molecule has 0 aliphatic rings. The van der Waals surface area contributed by atoms with Crippen LogP contribution in [0.25, 0.3) is 0 Å². The first kappa shape index (κ1) is 14.6. The number of aromatic carboxylic acids is 1. The highest BCUT2D eigenvalue weighted by Crippen LogP contribution is 2.27. The molecule has 0 fully saturated rings. The van der Waals surface area contributed by atoms with Crippen molar-refractivity contribution in [3.8, 4) is 0 Å². The van der Waals surface area contributed by atoms with Gasteiger partial charge in [-0.15, -0.1) is 0 Å². The number of hydrogen-bond donors (Lipinski definition) is 1. The van der Waals surface area contributed by atoms with Gasteiger partial charge >= 0.3 is 5.97 Å². The number of aromatic nitrogens is 3. The summed E-state index contributed by atoms with van der Waals surface area (Å²) in [5.41, 5.74) is 2.02. The standard InChI is InChI=1S/C14H17N3O2S/c1-4-5-11-7-10(14(18)19)8-12(15-11)20-13-6-9(2)16-17(13)3/h6-8H,4-5H2,1-3H3,(H,18,19). The Kier molecular flexibility index (Phi) is 4.44. The SMILES string of the molecule is CCCc1cc(C(=O)O)cc(Sc2cc(C)nn2C)n1. The van der Waals surface area contributed by atoms with Crippen LogP contribution in [0.3, 0.4) is 0 Å². The van der Waals surface area contributed by atoms with Gasteiger partial charge in [0.25, 0.3) is 0 Å². The highest BCUT2D eigenvalue weighted by molar-refractivity contribution is 7.99. The largest absolute Gasteiger partial charge is 0.478 e. The molecule has 0 bridgehead atoms. The smallest absolute Gasteiger partial charge is 0.335 e. The molecule has 0 saturated heterocycles. The zero-order chi connectivity index (χ0) is 14.7. The molecular weight excluding hydrogens is 274 g/mol. The predicted octanol–water partition coefficient (Wildman–Crippen LogP) is 2.93. The number of pyridine rings is 1. The molecule has 1 N–H and O–H groups in total. The van der Waals surface area contributed by atoms with Gasteiger partial charge in [-0.2, -0.15) is 5.10 Å². The molecule has 2 rings (SSSR count). The Hall–Kier alpha value is -1.82. The van der Waals surface area contributed by atoms with Crippen molar-refractivity contribution in [2.24, 2.45) is 7.05 Å². The Bertz CT molecular complexity index is 637. The van der Waals surface area contributed by atoms with Gasteiger partial charge in [-0.05, 0) is 31.5 Å². The van der Waals surface area contributed by atoms with Crippen LogP contribution in [-0.2, 0) is 13.5 Å². The van der Waals surface area contributed by atoms with Crippen molar-refractivity contribution < 1.29 is 9.90 Å². The minimum absolute atomic E-state index is 0.282. The van der Waals surface area contributed by atoms with Gasteiger partial charge in [0.05, 0.1) is 11.3 Å². The minimum atomic E-state index is -0.923. The molecule has 2 heterocycles. The topological polar surface area (TPSA) is 68.0 Å². The van der Waals surface area contributed by atoms with Gasteiger partial charge in [0.15, 0.2) is 0 Å². The molecule has 6 heteroatoms. The first-order chi connectivity index (χ1) is 9.49. The lowest BCUT2D eigenvalue weighted by Gasteiger charge is -2.06. The van der Waals surface area contributed by atoms with E-state index in [0.29, 0.717) is 5.03 Å². The molecule has 0 atom stereocenters. The van der Waals surface area contributed by atoms with E-state index in [9.17, 15) is 9.90 Å². The van der Waals surface area contributed by atoms with Crippen molar-refractivity contribution in [3.63, 3.8) is 0 Å². The first-order valence-electron chi connectivity index (χ1n) is 6.42. The van der Waals surface area contributed by atoms with Crippen molar-refractivity contribution in [2.45, 2.75) is 36.7 Å². The summed E-state index contributed by atoms with van der Waals surface area (Å²) in [6, 6.07) is 5.21. The summed E-state index contributed by atoms with van der Waals surface area (Å²) in [5, 5.41) is 15.1. The molecular formula is C14H17N3O2S. The lowest BCUT2D eigenvalue weighted by atomic mass is 10.2. The number of carbonyl (C=O) groups is 1. The second kappa shape index (κ2) is 6.09. The summed E-state index contributed by atoms with van der Waals surface area (Å²) in [7, 11) is 1.86.